The van der Waals surface area contributed by atoms with Crippen LogP contribution in [0.1, 0.15) is 27.2 Å². The quantitative estimate of drug-likeness (QED) is 0.739. The molecule has 0 aromatic rings. The summed E-state index contributed by atoms with van der Waals surface area (Å²) in [5, 5.41) is 2.75. The number of likely N-dealkylation sites (N-methyl/N-ethyl adjacent to an activating group) is 1. The maximum Gasteiger partial charge on any atom is 0.237 e. The summed E-state index contributed by atoms with van der Waals surface area (Å²) in [6.45, 7) is 9.48. The van der Waals surface area contributed by atoms with Gasteiger partial charge in [0.05, 0.1) is 6.04 Å². The molecule has 0 aliphatic carbocycles. The standard InChI is InChI=1S/C14H28N4O2/c1-14(2,3)12(15)13(20)16-6-5-11(19)18-9-7-17(4)8-10-18/h12H,5-10,15H2,1-4H3,(H,16,20)/t12-/m1/s1. The molecule has 1 aliphatic heterocycles. The van der Waals surface area contributed by atoms with E-state index in [2.05, 4.69) is 17.3 Å². The first-order valence-corrected chi connectivity index (χ1v) is 7.21. The Kier molecular flexibility index (Phi) is 5.95. The fourth-order valence-electron chi connectivity index (χ4n) is 2.01. The van der Waals surface area contributed by atoms with Crippen LogP contribution in [-0.4, -0.2) is 67.4 Å². The SMILES string of the molecule is CN1CCN(C(=O)CCNC(=O)[C@@H](N)C(C)(C)C)CC1. The van der Waals surface area contributed by atoms with Crippen molar-refractivity contribution in [1.82, 2.24) is 15.1 Å². The summed E-state index contributed by atoms with van der Waals surface area (Å²) in [5.74, 6) is -0.0913. The van der Waals surface area contributed by atoms with Crippen LogP contribution in [0.5, 0.6) is 0 Å². The van der Waals surface area contributed by atoms with E-state index in [0.29, 0.717) is 13.0 Å². The van der Waals surface area contributed by atoms with Gasteiger partial charge in [0, 0.05) is 39.1 Å². The maximum atomic E-state index is 12.0. The zero-order valence-electron chi connectivity index (χ0n) is 13.1. The van der Waals surface area contributed by atoms with Crippen molar-refractivity contribution in [2.45, 2.75) is 33.2 Å². The number of hydrogen-bond acceptors (Lipinski definition) is 4. The molecule has 1 rings (SSSR count). The predicted octanol–water partition coefficient (Wildman–Crippen LogP) is -0.360. The van der Waals surface area contributed by atoms with Gasteiger partial charge in [0.25, 0.3) is 0 Å². The van der Waals surface area contributed by atoms with E-state index in [-0.39, 0.29) is 17.2 Å². The average molecular weight is 284 g/mol. The highest BCUT2D eigenvalue weighted by molar-refractivity contribution is 5.83. The Hall–Kier alpha value is -1.14. The summed E-state index contributed by atoms with van der Waals surface area (Å²) in [6, 6.07) is -0.554. The highest BCUT2D eigenvalue weighted by atomic mass is 16.2. The van der Waals surface area contributed by atoms with Crippen LogP contribution in [0, 0.1) is 5.41 Å². The predicted molar refractivity (Wildman–Crippen MR) is 79.1 cm³/mol. The third-order valence-corrected chi connectivity index (χ3v) is 3.71. The molecule has 0 saturated carbocycles. The van der Waals surface area contributed by atoms with E-state index in [1.165, 1.54) is 0 Å². The molecule has 1 fully saturated rings. The second kappa shape index (κ2) is 7.04. The fraction of sp³-hybridized carbons (Fsp3) is 0.857. The van der Waals surface area contributed by atoms with E-state index in [1.54, 1.807) is 0 Å². The van der Waals surface area contributed by atoms with Crippen molar-refractivity contribution < 1.29 is 9.59 Å². The van der Waals surface area contributed by atoms with Gasteiger partial charge in [-0.2, -0.15) is 0 Å². The van der Waals surface area contributed by atoms with Gasteiger partial charge in [0.1, 0.15) is 0 Å². The molecule has 0 radical (unpaired) electrons. The molecular formula is C14H28N4O2. The third-order valence-electron chi connectivity index (χ3n) is 3.71. The second-order valence-corrected chi connectivity index (χ2v) is 6.57. The van der Waals surface area contributed by atoms with Crippen molar-refractivity contribution in [2.24, 2.45) is 11.1 Å². The van der Waals surface area contributed by atoms with Crippen LogP contribution in [0.2, 0.25) is 0 Å². The van der Waals surface area contributed by atoms with Gasteiger partial charge >= 0.3 is 0 Å². The first kappa shape index (κ1) is 16.9. The summed E-state index contributed by atoms with van der Waals surface area (Å²) in [7, 11) is 2.05. The number of nitrogens with zero attached hydrogens (tertiary/aromatic N) is 2. The van der Waals surface area contributed by atoms with Crippen LogP contribution < -0.4 is 11.1 Å². The summed E-state index contributed by atoms with van der Waals surface area (Å²) >= 11 is 0. The Morgan fingerprint density at radius 3 is 2.25 bits per heavy atom. The number of nitrogens with one attached hydrogen (secondary N) is 1. The molecule has 1 aliphatic rings. The number of piperazine rings is 1. The van der Waals surface area contributed by atoms with E-state index in [1.807, 2.05) is 25.7 Å². The minimum absolute atomic E-state index is 0.0998. The molecule has 116 valence electrons. The zero-order valence-corrected chi connectivity index (χ0v) is 13.1. The lowest BCUT2D eigenvalue weighted by molar-refractivity contribution is -0.132. The summed E-state index contributed by atoms with van der Waals surface area (Å²) in [5.41, 5.74) is 5.58. The molecule has 3 N–H and O–H groups in total. The van der Waals surface area contributed by atoms with Gasteiger partial charge in [-0.05, 0) is 12.5 Å². The lowest BCUT2D eigenvalue weighted by Crippen LogP contribution is -2.50. The van der Waals surface area contributed by atoms with Crippen LogP contribution >= 0.6 is 0 Å². The lowest BCUT2D eigenvalue weighted by atomic mass is 9.87. The van der Waals surface area contributed by atoms with Gasteiger partial charge in [-0.1, -0.05) is 20.8 Å². The van der Waals surface area contributed by atoms with E-state index in [9.17, 15) is 9.59 Å². The number of rotatable bonds is 4. The molecule has 2 amide bonds. The lowest BCUT2D eigenvalue weighted by Gasteiger charge is -2.32. The monoisotopic (exact) mass is 284 g/mol. The van der Waals surface area contributed by atoms with E-state index in [0.717, 1.165) is 26.2 Å². The molecular weight excluding hydrogens is 256 g/mol. The summed E-state index contributed by atoms with van der Waals surface area (Å²) < 4.78 is 0. The number of nitrogens with two attached hydrogens (primary N) is 1. The third kappa shape index (κ3) is 5.09. The summed E-state index contributed by atoms with van der Waals surface area (Å²) in [4.78, 5) is 27.9. The van der Waals surface area contributed by atoms with Crippen molar-refractivity contribution >= 4 is 11.8 Å². The number of amides is 2. The molecule has 1 saturated heterocycles. The average Bonchev–Trinajstić information content (AvgIpc) is 2.37. The molecule has 0 unspecified atom stereocenters. The highest BCUT2D eigenvalue weighted by Gasteiger charge is 2.27. The Labute approximate surface area is 121 Å². The van der Waals surface area contributed by atoms with E-state index < -0.39 is 6.04 Å². The van der Waals surface area contributed by atoms with Gasteiger partial charge in [-0.25, -0.2) is 0 Å². The molecule has 1 heterocycles. The molecule has 1 atom stereocenters. The van der Waals surface area contributed by atoms with E-state index in [4.69, 9.17) is 5.73 Å². The van der Waals surface area contributed by atoms with E-state index >= 15 is 0 Å². The Morgan fingerprint density at radius 1 is 1.20 bits per heavy atom. The van der Waals surface area contributed by atoms with Gasteiger partial charge in [0.2, 0.25) is 11.8 Å². The van der Waals surface area contributed by atoms with Gasteiger partial charge in [-0.15, -0.1) is 0 Å². The highest BCUT2D eigenvalue weighted by Crippen LogP contribution is 2.17. The van der Waals surface area contributed by atoms with Crippen molar-refractivity contribution in [2.75, 3.05) is 39.8 Å². The molecule has 0 aromatic carbocycles. The van der Waals surface area contributed by atoms with Crippen LogP contribution in [0.25, 0.3) is 0 Å². The Bertz CT molecular complexity index is 344. The van der Waals surface area contributed by atoms with Gasteiger partial charge in [0.15, 0.2) is 0 Å². The van der Waals surface area contributed by atoms with Crippen molar-refractivity contribution in [3.8, 4) is 0 Å². The van der Waals surface area contributed by atoms with Gasteiger partial charge in [-0.3, -0.25) is 9.59 Å². The summed E-state index contributed by atoms with van der Waals surface area (Å²) in [6.07, 6.45) is 0.340. The molecule has 0 spiro atoms. The molecule has 6 nitrogen and oxygen atoms in total. The second-order valence-electron chi connectivity index (χ2n) is 6.57. The smallest absolute Gasteiger partial charge is 0.237 e. The molecule has 6 heteroatoms. The number of carbonyl (C=O) groups excluding carboxylic acids is 2. The Morgan fingerprint density at radius 2 is 1.75 bits per heavy atom. The molecule has 0 bridgehead atoms. The fourth-order valence-corrected chi connectivity index (χ4v) is 2.01. The minimum atomic E-state index is -0.554. The first-order valence-electron chi connectivity index (χ1n) is 7.21. The van der Waals surface area contributed by atoms with Crippen LogP contribution in [0.15, 0.2) is 0 Å². The number of carbonyl (C=O) groups is 2. The Balaban J connectivity index is 2.27. The first-order chi connectivity index (χ1) is 9.21. The van der Waals surface area contributed by atoms with Gasteiger partial charge < -0.3 is 20.9 Å². The zero-order chi connectivity index (χ0) is 15.3. The minimum Gasteiger partial charge on any atom is -0.354 e. The number of hydrogen-bond donors (Lipinski definition) is 2. The van der Waals surface area contributed by atoms with Crippen LogP contribution in [0.4, 0.5) is 0 Å². The van der Waals surface area contributed by atoms with Crippen molar-refractivity contribution in [3.63, 3.8) is 0 Å². The van der Waals surface area contributed by atoms with Crippen LogP contribution in [0.3, 0.4) is 0 Å². The largest absolute Gasteiger partial charge is 0.354 e. The maximum absolute atomic E-state index is 12.0. The molecule has 0 aromatic heterocycles. The topological polar surface area (TPSA) is 78.7 Å². The van der Waals surface area contributed by atoms with Crippen LogP contribution in [-0.2, 0) is 9.59 Å². The van der Waals surface area contributed by atoms with Crippen molar-refractivity contribution in [1.29, 1.82) is 0 Å². The van der Waals surface area contributed by atoms with Crippen molar-refractivity contribution in [3.05, 3.63) is 0 Å². The molecule has 20 heavy (non-hydrogen) atoms. The normalized spacial score (nSPS) is 18.8.